The third-order valence-corrected chi connectivity index (χ3v) is 2.99. The molecule has 1 rings (SSSR count). The lowest BCUT2D eigenvalue weighted by molar-refractivity contribution is -0.117. The van der Waals surface area contributed by atoms with Gasteiger partial charge in [0, 0.05) is 23.3 Å². The first-order chi connectivity index (χ1) is 8.81. The number of ketones is 1. The third kappa shape index (κ3) is 5.97. The molecule has 0 unspecified atom stereocenters. The first-order valence-corrected chi connectivity index (χ1v) is 6.88. The quantitative estimate of drug-likeness (QED) is 0.736. The van der Waals surface area contributed by atoms with Crippen molar-refractivity contribution in [2.24, 2.45) is 5.41 Å². The monoisotopic (exact) mass is 278 g/mol. The van der Waals surface area contributed by atoms with E-state index >= 15 is 0 Å². The summed E-state index contributed by atoms with van der Waals surface area (Å²) in [7, 11) is 1.62. The van der Waals surface area contributed by atoms with E-state index in [-0.39, 0.29) is 11.2 Å². The van der Waals surface area contributed by atoms with Crippen molar-refractivity contribution < 1.29 is 9.53 Å². The number of hydrogen-bond acceptors (Lipinski definition) is 3. The van der Waals surface area contributed by atoms with Crippen LogP contribution in [0.5, 0.6) is 5.75 Å². The Bertz CT molecular complexity index is 458. The third-order valence-electron chi connectivity index (χ3n) is 2.70. The SMILES string of the molecule is COc1ccccc1CC(=O)CC(=S)CC(C)(C)C. The summed E-state index contributed by atoms with van der Waals surface area (Å²) in [6.07, 6.45) is 1.57. The van der Waals surface area contributed by atoms with Crippen molar-refractivity contribution in [3.05, 3.63) is 29.8 Å². The largest absolute Gasteiger partial charge is 0.496 e. The fourth-order valence-corrected chi connectivity index (χ4v) is 2.59. The molecule has 1 aromatic carbocycles. The molecule has 104 valence electrons. The zero-order chi connectivity index (χ0) is 14.5. The lowest BCUT2D eigenvalue weighted by atomic mass is 9.89. The number of hydrogen-bond donors (Lipinski definition) is 0. The van der Waals surface area contributed by atoms with Crippen LogP contribution in [0.25, 0.3) is 0 Å². The number of benzene rings is 1. The molecule has 0 spiro atoms. The van der Waals surface area contributed by atoms with Crippen molar-refractivity contribution in [3.63, 3.8) is 0 Å². The van der Waals surface area contributed by atoms with Gasteiger partial charge < -0.3 is 4.74 Å². The van der Waals surface area contributed by atoms with Crippen molar-refractivity contribution in [2.75, 3.05) is 7.11 Å². The van der Waals surface area contributed by atoms with E-state index in [1.165, 1.54) is 0 Å². The fourth-order valence-electron chi connectivity index (χ4n) is 2.00. The highest BCUT2D eigenvalue weighted by molar-refractivity contribution is 7.80. The Hall–Kier alpha value is -1.22. The van der Waals surface area contributed by atoms with Gasteiger partial charge in [-0.15, -0.1) is 0 Å². The Morgan fingerprint density at radius 3 is 2.47 bits per heavy atom. The summed E-state index contributed by atoms with van der Waals surface area (Å²) in [6, 6.07) is 7.61. The first-order valence-electron chi connectivity index (χ1n) is 6.47. The van der Waals surface area contributed by atoms with Gasteiger partial charge in [0.05, 0.1) is 7.11 Å². The van der Waals surface area contributed by atoms with Gasteiger partial charge in [-0.25, -0.2) is 0 Å². The summed E-state index contributed by atoms with van der Waals surface area (Å²) in [4.78, 5) is 12.9. The molecule has 0 saturated carbocycles. The average Bonchev–Trinajstić information content (AvgIpc) is 2.26. The van der Waals surface area contributed by atoms with Gasteiger partial charge in [0.25, 0.3) is 0 Å². The Morgan fingerprint density at radius 1 is 1.26 bits per heavy atom. The number of thiocarbonyl (C=S) groups is 1. The predicted octanol–water partition coefficient (Wildman–Crippen LogP) is 4.00. The van der Waals surface area contributed by atoms with E-state index in [0.29, 0.717) is 12.8 Å². The van der Waals surface area contributed by atoms with Crippen molar-refractivity contribution in [3.8, 4) is 5.75 Å². The molecule has 0 amide bonds. The Labute approximate surface area is 121 Å². The van der Waals surface area contributed by atoms with E-state index in [0.717, 1.165) is 22.6 Å². The van der Waals surface area contributed by atoms with Crippen LogP contribution in [0, 0.1) is 5.41 Å². The molecule has 3 heteroatoms. The molecular weight excluding hydrogens is 256 g/mol. The maximum atomic E-state index is 12.0. The van der Waals surface area contributed by atoms with Crippen LogP contribution >= 0.6 is 12.2 Å². The molecule has 1 aromatic rings. The molecule has 0 atom stereocenters. The first kappa shape index (κ1) is 15.8. The standard InChI is InChI=1S/C16H22O2S/c1-16(2,3)11-14(19)10-13(17)9-12-7-5-6-8-15(12)18-4/h5-8H,9-11H2,1-4H3. The second-order valence-corrected chi connectivity index (χ2v) is 6.56. The van der Waals surface area contributed by atoms with Crippen molar-refractivity contribution in [1.29, 1.82) is 0 Å². The van der Waals surface area contributed by atoms with E-state index in [2.05, 4.69) is 20.8 Å². The van der Waals surface area contributed by atoms with Crippen molar-refractivity contribution >= 4 is 22.9 Å². The highest BCUT2D eigenvalue weighted by Crippen LogP contribution is 2.22. The molecule has 0 heterocycles. The molecule has 0 radical (unpaired) electrons. The number of Topliss-reactive ketones (excluding diaryl/α,β-unsaturated/α-hetero) is 1. The molecular formula is C16H22O2S. The zero-order valence-electron chi connectivity index (χ0n) is 12.2. The zero-order valence-corrected chi connectivity index (χ0v) is 13.0. The van der Waals surface area contributed by atoms with Crippen LogP contribution in [0.1, 0.15) is 39.2 Å². The number of carbonyl (C=O) groups is 1. The van der Waals surface area contributed by atoms with Gasteiger partial charge >= 0.3 is 0 Å². The Kier molecular flexibility index (Phi) is 5.67. The molecule has 0 bridgehead atoms. The Morgan fingerprint density at radius 2 is 1.89 bits per heavy atom. The van der Waals surface area contributed by atoms with Gasteiger partial charge in [0.2, 0.25) is 0 Å². The van der Waals surface area contributed by atoms with Gasteiger partial charge in [-0.1, -0.05) is 51.2 Å². The summed E-state index contributed by atoms with van der Waals surface area (Å²) in [5.41, 5.74) is 1.07. The van der Waals surface area contributed by atoms with Crippen molar-refractivity contribution in [1.82, 2.24) is 0 Å². The summed E-state index contributed by atoms with van der Waals surface area (Å²) < 4.78 is 5.25. The number of para-hydroxylation sites is 1. The van der Waals surface area contributed by atoms with Gasteiger partial charge in [-0.05, 0) is 17.9 Å². The highest BCUT2D eigenvalue weighted by atomic mass is 32.1. The van der Waals surface area contributed by atoms with Crippen LogP contribution in [0.4, 0.5) is 0 Å². The molecule has 0 aliphatic carbocycles. The van der Waals surface area contributed by atoms with Crippen molar-refractivity contribution in [2.45, 2.75) is 40.0 Å². The number of rotatable bonds is 6. The van der Waals surface area contributed by atoms with Crippen LogP contribution in [0.3, 0.4) is 0 Å². The molecule has 0 aliphatic rings. The lowest BCUT2D eigenvalue weighted by Crippen LogP contribution is -2.16. The van der Waals surface area contributed by atoms with Crippen LogP contribution < -0.4 is 4.74 Å². The van der Waals surface area contributed by atoms with E-state index in [1.54, 1.807) is 7.11 Å². The van der Waals surface area contributed by atoms with E-state index in [9.17, 15) is 4.79 Å². The number of methoxy groups -OCH3 is 1. The molecule has 0 fully saturated rings. The smallest absolute Gasteiger partial charge is 0.142 e. The van der Waals surface area contributed by atoms with E-state index in [4.69, 9.17) is 17.0 Å². The summed E-state index contributed by atoms with van der Waals surface area (Å²) in [5.74, 6) is 0.913. The van der Waals surface area contributed by atoms with Gasteiger partial charge in [-0.2, -0.15) is 0 Å². The van der Waals surface area contributed by atoms with Gasteiger partial charge in [-0.3, -0.25) is 4.79 Å². The minimum atomic E-state index is 0.141. The second-order valence-electron chi connectivity index (χ2n) is 5.98. The molecule has 0 saturated heterocycles. The minimum Gasteiger partial charge on any atom is -0.496 e. The van der Waals surface area contributed by atoms with Gasteiger partial charge in [0.15, 0.2) is 0 Å². The molecule has 2 nitrogen and oxygen atoms in total. The topological polar surface area (TPSA) is 26.3 Å². The lowest BCUT2D eigenvalue weighted by Gasteiger charge is -2.18. The molecule has 0 aromatic heterocycles. The predicted molar refractivity (Wildman–Crippen MR) is 83.0 cm³/mol. The number of ether oxygens (including phenoxy) is 1. The van der Waals surface area contributed by atoms with Crippen LogP contribution in [0.15, 0.2) is 24.3 Å². The molecule has 19 heavy (non-hydrogen) atoms. The highest BCUT2D eigenvalue weighted by Gasteiger charge is 2.16. The summed E-state index contributed by atoms with van der Waals surface area (Å²) in [6.45, 7) is 6.39. The van der Waals surface area contributed by atoms with Crippen LogP contribution in [-0.2, 0) is 11.2 Å². The Balaban J connectivity index is 2.58. The normalized spacial score (nSPS) is 11.2. The second kappa shape index (κ2) is 6.80. The van der Waals surface area contributed by atoms with Gasteiger partial charge in [0.1, 0.15) is 11.5 Å². The average molecular weight is 278 g/mol. The van der Waals surface area contributed by atoms with Crippen LogP contribution in [0.2, 0.25) is 0 Å². The fraction of sp³-hybridized carbons (Fsp3) is 0.500. The van der Waals surface area contributed by atoms with Crippen LogP contribution in [-0.4, -0.2) is 17.8 Å². The minimum absolute atomic E-state index is 0.141. The summed E-state index contributed by atoms with van der Waals surface area (Å²) >= 11 is 5.30. The molecule has 0 N–H and O–H groups in total. The van der Waals surface area contributed by atoms with E-state index < -0.39 is 0 Å². The maximum absolute atomic E-state index is 12.0. The number of carbonyl (C=O) groups excluding carboxylic acids is 1. The summed E-state index contributed by atoms with van der Waals surface area (Å²) in [5, 5.41) is 0. The molecule has 0 aliphatic heterocycles. The van der Waals surface area contributed by atoms with E-state index in [1.807, 2.05) is 24.3 Å². The maximum Gasteiger partial charge on any atom is 0.142 e.